The molecule has 0 saturated carbocycles. The lowest BCUT2D eigenvalue weighted by atomic mass is 9.81. The van der Waals surface area contributed by atoms with Crippen LogP contribution in [0.25, 0.3) is 53.6 Å². The molecule has 2 heteroatoms. The van der Waals surface area contributed by atoms with Gasteiger partial charge in [-0.2, -0.15) is 0 Å². The zero-order valence-electron chi connectivity index (χ0n) is 26.4. The molecule has 9 rings (SSSR count). The van der Waals surface area contributed by atoms with Crippen LogP contribution in [0.2, 0.25) is 0 Å². The second kappa shape index (κ2) is 10.8. The van der Waals surface area contributed by atoms with E-state index in [4.69, 9.17) is 0 Å². The van der Waals surface area contributed by atoms with Crippen molar-refractivity contribution in [2.45, 2.75) is 19.3 Å². The fourth-order valence-electron chi connectivity index (χ4n) is 7.45. The van der Waals surface area contributed by atoms with Crippen molar-refractivity contribution in [3.8, 4) is 33.4 Å². The first-order chi connectivity index (χ1) is 23.0. The van der Waals surface area contributed by atoms with Crippen LogP contribution in [0.5, 0.6) is 0 Å². The number of thiophene rings is 1. The first kappa shape index (κ1) is 27.8. The van der Waals surface area contributed by atoms with Crippen molar-refractivity contribution in [2.75, 3.05) is 4.90 Å². The van der Waals surface area contributed by atoms with Gasteiger partial charge in [0.25, 0.3) is 0 Å². The first-order valence-electron chi connectivity index (χ1n) is 16.3. The topological polar surface area (TPSA) is 3.24 Å². The van der Waals surface area contributed by atoms with E-state index < -0.39 is 0 Å². The van der Waals surface area contributed by atoms with E-state index in [9.17, 15) is 0 Å². The summed E-state index contributed by atoms with van der Waals surface area (Å²) in [4.78, 5) is 2.34. The minimum Gasteiger partial charge on any atom is -0.310 e. The molecule has 1 heterocycles. The molecule has 1 aliphatic rings. The van der Waals surface area contributed by atoms with Gasteiger partial charge in [-0.3, -0.25) is 0 Å². The van der Waals surface area contributed by atoms with E-state index in [0.29, 0.717) is 0 Å². The average Bonchev–Trinajstić information content (AvgIpc) is 3.60. The molecule has 0 unspecified atom stereocenters. The van der Waals surface area contributed by atoms with Crippen LogP contribution in [0.15, 0.2) is 164 Å². The number of anilines is 3. The van der Waals surface area contributed by atoms with Crippen molar-refractivity contribution in [2.24, 2.45) is 0 Å². The molecule has 0 atom stereocenters. The summed E-state index contributed by atoms with van der Waals surface area (Å²) < 4.78 is 2.61. The molecule has 7 aromatic carbocycles. The molecular formula is C45H33NS. The Bertz CT molecular complexity index is 2400. The molecule has 0 N–H and O–H groups in total. The van der Waals surface area contributed by atoms with E-state index in [1.165, 1.54) is 64.7 Å². The normalized spacial score (nSPS) is 13.1. The summed E-state index contributed by atoms with van der Waals surface area (Å²) in [7, 11) is 0. The van der Waals surface area contributed by atoms with Gasteiger partial charge in [-0.25, -0.2) is 0 Å². The molecule has 0 saturated heterocycles. The van der Waals surface area contributed by atoms with Crippen molar-refractivity contribution in [1.82, 2.24) is 0 Å². The molecule has 1 nitrogen and oxygen atoms in total. The summed E-state index contributed by atoms with van der Waals surface area (Å²) in [6.07, 6.45) is 0. The second-order valence-electron chi connectivity index (χ2n) is 13.0. The van der Waals surface area contributed by atoms with Crippen molar-refractivity contribution >= 4 is 48.6 Å². The van der Waals surface area contributed by atoms with Crippen LogP contribution in [-0.2, 0) is 5.41 Å². The number of hydrogen-bond donors (Lipinski definition) is 0. The van der Waals surface area contributed by atoms with Gasteiger partial charge >= 0.3 is 0 Å². The minimum atomic E-state index is -0.0138. The zero-order valence-corrected chi connectivity index (χ0v) is 27.3. The molecule has 47 heavy (non-hydrogen) atoms. The van der Waals surface area contributed by atoms with Crippen LogP contribution < -0.4 is 4.90 Å². The Labute approximate surface area is 280 Å². The average molecular weight is 620 g/mol. The molecule has 1 aliphatic carbocycles. The molecule has 224 valence electrons. The predicted molar refractivity (Wildman–Crippen MR) is 202 cm³/mol. The number of fused-ring (bicyclic) bond motifs is 6. The molecular weight excluding hydrogens is 587 g/mol. The zero-order chi connectivity index (χ0) is 31.5. The second-order valence-corrected chi connectivity index (χ2v) is 14.1. The quantitative estimate of drug-likeness (QED) is 0.185. The highest BCUT2D eigenvalue weighted by atomic mass is 32.1. The van der Waals surface area contributed by atoms with Gasteiger partial charge in [0.15, 0.2) is 0 Å². The molecule has 0 aliphatic heterocycles. The van der Waals surface area contributed by atoms with Gasteiger partial charge in [0.05, 0.1) is 0 Å². The maximum absolute atomic E-state index is 2.41. The number of para-hydroxylation sites is 2. The lowest BCUT2D eigenvalue weighted by Gasteiger charge is -2.25. The third kappa shape index (κ3) is 4.60. The highest BCUT2D eigenvalue weighted by Crippen LogP contribution is 2.49. The summed E-state index contributed by atoms with van der Waals surface area (Å²) in [6.45, 7) is 4.70. The van der Waals surface area contributed by atoms with Gasteiger partial charge in [0.2, 0.25) is 0 Å². The minimum absolute atomic E-state index is 0.0138. The maximum atomic E-state index is 2.41. The molecule has 0 bridgehead atoms. The largest absolute Gasteiger partial charge is 0.310 e. The van der Waals surface area contributed by atoms with E-state index in [2.05, 4.69) is 183 Å². The highest BCUT2D eigenvalue weighted by Gasteiger charge is 2.35. The lowest BCUT2D eigenvalue weighted by molar-refractivity contribution is 0.660. The highest BCUT2D eigenvalue weighted by molar-refractivity contribution is 7.25. The molecule has 8 aromatic rings. The Hall–Kier alpha value is -5.44. The number of rotatable bonds is 5. The Morgan fingerprint density at radius 2 is 0.957 bits per heavy atom. The van der Waals surface area contributed by atoms with Crippen molar-refractivity contribution < 1.29 is 0 Å². The lowest BCUT2D eigenvalue weighted by Crippen LogP contribution is -2.14. The van der Waals surface area contributed by atoms with E-state index >= 15 is 0 Å². The van der Waals surface area contributed by atoms with Crippen LogP contribution >= 0.6 is 11.3 Å². The molecule has 1 aromatic heterocycles. The van der Waals surface area contributed by atoms with Crippen LogP contribution in [-0.4, -0.2) is 0 Å². The van der Waals surface area contributed by atoms with Crippen LogP contribution in [0.4, 0.5) is 17.1 Å². The summed E-state index contributed by atoms with van der Waals surface area (Å²) >= 11 is 1.87. The van der Waals surface area contributed by atoms with E-state index in [0.717, 1.165) is 17.1 Å². The van der Waals surface area contributed by atoms with Gasteiger partial charge in [-0.1, -0.05) is 111 Å². The maximum Gasteiger partial charge on any atom is 0.0468 e. The van der Waals surface area contributed by atoms with Gasteiger partial charge < -0.3 is 4.90 Å². The summed E-state index contributed by atoms with van der Waals surface area (Å²) in [6, 6.07) is 60.0. The SMILES string of the molecule is CC1(C)c2ccccc2-c2ccc(-c3cccc(-c4ccc5sc6ccc(N(c7ccccc7)c7ccccc7)cc6c5c4)c3)cc21. The van der Waals surface area contributed by atoms with Gasteiger partial charge in [-0.15, -0.1) is 11.3 Å². The van der Waals surface area contributed by atoms with Crippen molar-refractivity contribution in [1.29, 1.82) is 0 Å². The number of nitrogens with zero attached hydrogens (tertiary/aromatic N) is 1. The van der Waals surface area contributed by atoms with Crippen molar-refractivity contribution in [3.05, 3.63) is 175 Å². The van der Waals surface area contributed by atoms with E-state index in [-0.39, 0.29) is 5.41 Å². The van der Waals surface area contributed by atoms with Crippen LogP contribution in [0.3, 0.4) is 0 Å². The number of hydrogen-bond acceptors (Lipinski definition) is 2. The summed E-state index contributed by atoms with van der Waals surface area (Å²) in [5.41, 5.74) is 14.0. The fourth-order valence-corrected chi connectivity index (χ4v) is 8.51. The monoisotopic (exact) mass is 619 g/mol. The Balaban J connectivity index is 1.12. The van der Waals surface area contributed by atoms with Gasteiger partial charge in [0, 0.05) is 42.6 Å². The van der Waals surface area contributed by atoms with Crippen LogP contribution in [0, 0.1) is 0 Å². The third-order valence-corrected chi connectivity index (χ3v) is 11.0. The van der Waals surface area contributed by atoms with Crippen LogP contribution in [0.1, 0.15) is 25.0 Å². The van der Waals surface area contributed by atoms with Gasteiger partial charge in [-0.05, 0) is 111 Å². The van der Waals surface area contributed by atoms with Crippen molar-refractivity contribution in [3.63, 3.8) is 0 Å². The summed E-state index contributed by atoms with van der Waals surface area (Å²) in [5, 5.41) is 2.59. The molecule has 0 spiro atoms. The predicted octanol–water partition coefficient (Wildman–Crippen LogP) is 13.2. The first-order valence-corrected chi connectivity index (χ1v) is 17.1. The van der Waals surface area contributed by atoms with E-state index in [1.54, 1.807) is 0 Å². The smallest absolute Gasteiger partial charge is 0.0468 e. The number of benzene rings is 7. The standard InChI is InChI=1S/C45H33NS/c1-45(2)41-19-10-9-18-37(41)38-23-20-33(28-42(38)45)31-13-11-12-30(26-31)32-21-24-43-39(27-32)40-29-36(22-25-44(40)47-43)46(34-14-5-3-6-15-34)35-16-7-4-8-17-35/h3-29H,1-2H3. The Kier molecular flexibility index (Phi) is 6.41. The molecule has 0 fully saturated rings. The van der Waals surface area contributed by atoms with E-state index in [1.807, 2.05) is 11.3 Å². The Morgan fingerprint density at radius 1 is 0.404 bits per heavy atom. The Morgan fingerprint density at radius 3 is 1.68 bits per heavy atom. The molecule has 0 radical (unpaired) electrons. The fraction of sp³-hybridized carbons (Fsp3) is 0.0667. The molecule has 0 amide bonds. The summed E-state index contributed by atoms with van der Waals surface area (Å²) in [5.74, 6) is 0. The third-order valence-electron chi connectivity index (χ3n) is 9.85. The van der Waals surface area contributed by atoms with Gasteiger partial charge in [0.1, 0.15) is 0 Å².